The Kier molecular flexibility index (Phi) is 12.6. The first kappa shape index (κ1) is 37.9. The summed E-state index contributed by atoms with van der Waals surface area (Å²) in [6.45, 7) is 0. The monoisotopic (exact) mass is 690 g/mol. The Labute approximate surface area is 312 Å². The van der Waals surface area contributed by atoms with Gasteiger partial charge in [0.2, 0.25) is 0 Å². The van der Waals surface area contributed by atoms with Crippen molar-refractivity contribution in [2.75, 3.05) is 5.73 Å². The maximum absolute atomic E-state index is 13.2. The second-order valence-corrected chi connectivity index (χ2v) is 12.2. The van der Waals surface area contributed by atoms with Gasteiger partial charge in [0.1, 0.15) is 4.90 Å². The average molecular weight is 691 g/mol. The van der Waals surface area contributed by atoms with Crippen molar-refractivity contribution in [3.05, 3.63) is 103 Å². The smallest absolute Gasteiger partial charge is 0.871 e. The summed E-state index contributed by atoms with van der Waals surface area (Å²) in [5.74, 6) is -1.41. The molecule has 0 radical (unpaired) electrons. The van der Waals surface area contributed by atoms with Gasteiger partial charge in [-0.3, -0.25) is 14.1 Å². The number of anilines is 1. The number of nitrogens with zero attached hydrogens (tertiary/aromatic N) is 5. The van der Waals surface area contributed by atoms with Gasteiger partial charge in [0.25, 0.3) is 20.2 Å². The maximum atomic E-state index is 13.2. The molecule has 0 amide bonds. The third-order valence-corrected chi connectivity index (χ3v) is 7.95. The van der Waals surface area contributed by atoms with Gasteiger partial charge in [-0.2, -0.15) is 32.2 Å². The second kappa shape index (κ2) is 15.6. The molecule has 228 valence electrons. The van der Waals surface area contributed by atoms with E-state index in [1.165, 1.54) is 78.9 Å². The number of nitrogen functional groups attached to an aromatic ring is 1. The molecule has 0 bridgehead atoms. The molecule has 0 heterocycles. The molecular weight excluding hydrogens is 670 g/mol. The van der Waals surface area contributed by atoms with Gasteiger partial charge in [-0.15, -0.1) is 5.11 Å². The Hall–Kier alpha value is -3.55. The quantitative estimate of drug-likeness (QED) is 0.0463. The van der Waals surface area contributed by atoms with Crippen LogP contribution in [0.15, 0.2) is 132 Å². The molecule has 0 fully saturated rings. The van der Waals surface area contributed by atoms with E-state index in [0.29, 0.717) is 17.1 Å². The van der Waals surface area contributed by atoms with Crippen LogP contribution in [0.4, 0.5) is 34.1 Å². The average Bonchev–Trinajstić information content (AvgIpc) is 2.99. The van der Waals surface area contributed by atoms with Crippen LogP contribution in [0, 0.1) is 0 Å². The van der Waals surface area contributed by atoms with Crippen molar-refractivity contribution in [3.63, 3.8) is 0 Å². The SMILES string of the molecule is Nc1ccc(C([O-])=Nc2ccc3c([O-])c(N=Nc4ccc(N=Nc5ccc(S(=O)(=O)O)cc5)cc4)c(S(=O)(=O)O)cc3c2)cc1.[Na+].[Na+]. The van der Waals surface area contributed by atoms with Crippen LogP contribution in [0.5, 0.6) is 5.75 Å². The molecule has 14 nitrogen and oxygen atoms in total. The third-order valence-electron chi connectivity index (χ3n) is 6.21. The summed E-state index contributed by atoms with van der Waals surface area (Å²) in [5.41, 5.74) is 6.80. The van der Waals surface area contributed by atoms with E-state index < -0.39 is 42.5 Å². The summed E-state index contributed by atoms with van der Waals surface area (Å²) >= 11 is 0. The van der Waals surface area contributed by atoms with Gasteiger partial charge < -0.3 is 15.9 Å². The van der Waals surface area contributed by atoms with Crippen molar-refractivity contribution in [2.24, 2.45) is 25.4 Å². The van der Waals surface area contributed by atoms with E-state index in [-0.39, 0.29) is 91.7 Å². The van der Waals surface area contributed by atoms with Gasteiger partial charge in [0.05, 0.1) is 33.3 Å². The fourth-order valence-corrected chi connectivity index (χ4v) is 5.12. The minimum atomic E-state index is -4.92. The molecule has 4 N–H and O–H groups in total. The summed E-state index contributed by atoms with van der Waals surface area (Å²) in [5, 5.41) is 41.7. The molecule has 5 aromatic carbocycles. The molecule has 0 saturated heterocycles. The fourth-order valence-electron chi connectivity index (χ4n) is 3.99. The van der Waals surface area contributed by atoms with Crippen molar-refractivity contribution in [3.8, 4) is 5.75 Å². The number of benzene rings is 5. The molecule has 18 heteroatoms. The van der Waals surface area contributed by atoms with E-state index in [9.17, 15) is 31.6 Å². The van der Waals surface area contributed by atoms with E-state index in [2.05, 4.69) is 25.4 Å². The van der Waals surface area contributed by atoms with Crippen molar-refractivity contribution in [1.82, 2.24) is 0 Å². The zero-order valence-corrected chi connectivity index (χ0v) is 30.3. The fraction of sp³-hybridized carbons (Fsp3) is 0. The molecule has 47 heavy (non-hydrogen) atoms. The predicted octanol–water partition coefficient (Wildman–Crippen LogP) is -0.734. The van der Waals surface area contributed by atoms with E-state index in [0.717, 1.165) is 6.07 Å². The Morgan fingerprint density at radius 3 is 1.64 bits per heavy atom. The summed E-state index contributed by atoms with van der Waals surface area (Å²) in [4.78, 5) is 2.93. The number of azo groups is 2. The molecule has 0 aliphatic rings. The largest absolute Gasteiger partial charge is 1.00 e. The van der Waals surface area contributed by atoms with E-state index in [1.54, 1.807) is 12.1 Å². The van der Waals surface area contributed by atoms with Gasteiger partial charge >= 0.3 is 59.1 Å². The minimum absolute atomic E-state index is 0. The van der Waals surface area contributed by atoms with Gasteiger partial charge in [-0.05, 0) is 101 Å². The van der Waals surface area contributed by atoms with Crippen molar-refractivity contribution < 1.29 is 95.3 Å². The molecule has 0 aromatic heterocycles. The van der Waals surface area contributed by atoms with Crippen LogP contribution in [-0.2, 0) is 20.2 Å². The first-order valence-electron chi connectivity index (χ1n) is 12.7. The van der Waals surface area contributed by atoms with Gasteiger partial charge in [0.15, 0.2) is 0 Å². The van der Waals surface area contributed by atoms with Crippen molar-refractivity contribution in [2.45, 2.75) is 9.79 Å². The number of hydrogen-bond donors (Lipinski definition) is 3. The van der Waals surface area contributed by atoms with E-state index >= 15 is 0 Å². The molecule has 0 aliphatic carbocycles. The molecule has 5 aromatic rings. The number of rotatable bonds is 8. The summed E-state index contributed by atoms with van der Waals surface area (Å²) in [6, 6.07) is 22.2. The Bertz CT molecular complexity index is 2230. The van der Waals surface area contributed by atoms with Crippen molar-refractivity contribution in [1.29, 1.82) is 0 Å². The number of fused-ring (bicyclic) bond motifs is 1. The first-order valence-corrected chi connectivity index (χ1v) is 15.5. The number of aliphatic imine (C=N–C) groups is 1. The van der Waals surface area contributed by atoms with Crippen LogP contribution in [0.1, 0.15) is 5.56 Å². The molecule has 0 saturated carbocycles. The van der Waals surface area contributed by atoms with Crippen LogP contribution < -0.4 is 75.1 Å². The van der Waals surface area contributed by atoms with Crippen LogP contribution in [0.25, 0.3) is 10.8 Å². The normalized spacial score (nSPS) is 12.3. The van der Waals surface area contributed by atoms with E-state index in [4.69, 9.17) is 10.3 Å². The predicted molar refractivity (Wildman–Crippen MR) is 161 cm³/mol. The van der Waals surface area contributed by atoms with Crippen molar-refractivity contribution >= 4 is 71.0 Å². The first-order chi connectivity index (χ1) is 21.3. The summed E-state index contributed by atoms with van der Waals surface area (Å²) < 4.78 is 65.6. The van der Waals surface area contributed by atoms with Gasteiger partial charge in [-0.1, -0.05) is 23.9 Å². The molecule has 0 unspecified atom stereocenters. The third kappa shape index (κ3) is 9.51. The standard InChI is InChI=1S/C29H22N6O8S2.2Na/c30-19-3-1-17(2-4-19)29(37)31-23-11-14-25-18(15-23)16-26(45(41,42)43)27(28(25)36)35-34-21-7-5-20(6-8-21)32-33-22-9-12-24(13-10-22)44(38,39)40;;/h1-16,36H,30H2,(H,31,37)(H,38,39,40)(H,41,42,43);;/q;2*+1/p-2. The minimum Gasteiger partial charge on any atom is -0.871 e. The second-order valence-electron chi connectivity index (χ2n) is 9.36. The Morgan fingerprint density at radius 1 is 0.638 bits per heavy atom. The molecule has 0 aliphatic heterocycles. The van der Waals surface area contributed by atoms with Gasteiger partial charge in [0, 0.05) is 5.69 Å². The topological polar surface area (TPSA) is 243 Å². The van der Waals surface area contributed by atoms with Gasteiger partial charge in [-0.25, -0.2) is 0 Å². The molecule has 0 spiro atoms. The van der Waals surface area contributed by atoms with Crippen LogP contribution in [0.3, 0.4) is 0 Å². The maximum Gasteiger partial charge on any atom is 1.00 e. The van der Waals surface area contributed by atoms with E-state index in [1.807, 2.05) is 0 Å². The Balaban J connectivity index is 0.00000300. The summed E-state index contributed by atoms with van der Waals surface area (Å²) in [6.07, 6.45) is 0. The molecule has 5 rings (SSSR count). The number of hydrogen-bond acceptors (Lipinski definition) is 12. The molecular formula is C29H20N6Na2O8S2. The van der Waals surface area contributed by atoms with Crippen LogP contribution in [0.2, 0.25) is 0 Å². The van der Waals surface area contributed by atoms with Crippen LogP contribution in [-0.4, -0.2) is 31.8 Å². The number of nitrogens with two attached hydrogens (primary N) is 1. The van der Waals surface area contributed by atoms with Crippen LogP contribution >= 0.6 is 0 Å². The zero-order valence-electron chi connectivity index (χ0n) is 24.7. The molecule has 0 atom stereocenters. The summed E-state index contributed by atoms with van der Waals surface area (Å²) in [7, 11) is -9.26. The Morgan fingerprint density at radius 2 is 1.13 bits per heavy atom. The zero-order chi connectivity index (χ0) is 32.4.